The number of nitrogen functional groups attached to an aromatic ring is 1. The van der Waals surface area contributed by atoms with E-state index in [1.165, 1.54) is 32.1 Å². The molecule has 1 aliphatic heterocycles. The topological polar surface area (TPSA) is 64.2 Å². The van der Waals surface area contributed by atoms with Crippen LogP contribution in [0.1, 0.15) is 62.4 Å². The van der Waals surface area contributed by atoms with Gasteiger partial charge in [0.1, 0.15) is 0 Å². The summed E-state index contributed by atoms with van der Waals surface area (Å²) >= 11 is 0. The molecule has 1 aromatic rings. The maximum Gasteiger partial charge on any atom is 0.276 e. The van der Waals surface area contributed by atoms with Gasteiger partial charge in [-0.1, -0.05) is 19.3 Å². The summed E-state index contributed by atoms with van der Waals surface area (Å²) in [6.45, 7) is 4.45. The van der Waals surface area contributed by atoms with Crippen molar-refractivity contribution in [3.05, 3.63) is 11.9 Å². The third kappa shape index (κ3) is 2.78. The standard InChI is InChI=1S/C16H26N4O/c1-2-20-12-13(17)14(18-20)15(21)19-10-8-16(9-11-19)6-4-3-5-7-16/h12H,2-11,17H2,1H3. The Hall–Kier alpha value is -1.52. The van der Waals surface area contributed by atoms with Crippen molar-refractivity contribution < 1.29 is 4.79 Å². The first-order valence-corrected chi connectivity index (χ1v) is 8.26. The second-order valence-corrected chi connectivity index (χ2v) is 6.64. The molecule has 0 bridgehead atoms. The van der Waals surface area contributed by atoms with Crippen LogP contribution in [0.4, 0.5) is 5.69 Å². The van der Waals surface area contributed by atoms with Crippen LogP contribution in [-0.2, 0) is 6.54 Å². The number of carbonyl (C=O) groups excluding carboxylic acids is 1. The number of likely N-dealkylation sites (tertiary alicyclic amines) is 1. The summed E-state index contributed by atoms with van der Waals surface area (Å²) in [6, 6.07) is 0. The van der Waals surface area contributed by atoms with E-state index in [9.17, 15) is 4.79 Å². The molecule has 1 aromatic heterocycles. The molecule has 5 heteroatoms. The Kier molecular flexibility index (Phi) is 3.91. The van der Waals surface area contributed by atoms with Gasteiger partial charge >= 0.3 is 0 Å². The van der Waals surface area contributed by atoms with Crippen molar-refractivity contribution in [2.45, 2.75) is 58.4 Å². The van der Waals surface area contributed by atoms with Crippen molar-refractivity contribution in [3.63, 3.8) is 0 Å². The molecule has 2 heterocycles. The number of amides is 1. The summed E-state index contributed by atoms with van der Waals surface area (Å²) in [5, 5.41) is 4.31. The van der Waals surface area contributed by atoms with Crippen molar-refractivity contribution in [3.8, 4) is 0 Å². The van der Waals surface area contributed by atoms with E-state index >= 15 is 0 Å². The van der Waals surface area contributed by atoms with Crippen LogP contribution in [0.15, 0.2) is 6.20 Å². The Morgan fingerprint density at radius 1 is 1.24 bits per heavy atom. The molecule has 21 heavy (non-hydrogen) atoms. The Morgan fingerprint density at radius 3 is 2.48 bits per heavy atom. The smallest absolute Gasteiger partial charge is 0.276 e. The van der Waals surface area contributed by atoms with E-state index in [1.807, 2.05) is 11.8 Å². The Labute approximate surface area is 126 Å². The molecule has 0 unspecified atom stereocenters. The summed E-state index contributed by atoms with van der Waals surface area (Å²) in [5.74, 6) is 0.00496. The minimum absolute atomic E-state index is 0.00496. The van der Waals surface area contributed by atoms with Crippen LogP contribution >= 0.6 is 0 Å². The Morgan fingerprint density at radius 2 is 1.90 bits per heavy atom. The Balaban J connectivity index is 1.65. The number of nitrogens with zero attached hydrogens (tertiary/aromatic N) is 3. The zero-order valence-corrected chi connectivity index (χ0v) is 13.0. The minimum Gasteiger partial charge on any atom is -0.396 e. The molecule has 1 spiro atoms. The van der Waals surface area contributed by atoms with Crippen molar-refractivity contribution in [1.29, 1.82) is 0 Å². The van der Waals surface area contributed by atoms with Crippen LogP contribution in [0.2, 0.25) is 0 Å². The SMILES string of the molecule is CCn1cc(N)c(C(=O)N2CCC3(CCCCC3)CC2)n1. The summed E-state index contributed by atoms with van der Waals surface area (Å²) in [7, 11) is 0. The van der Waals surface area contributed by atoms with Crippen molar-refractivity contribution in [1.82, 2.24) is 14.7 Å². The lowest BCUT2D eigenvalue weighted by atomic mass is 9.68. The highest BCUT2D eigenvalue weighted by atomic mass is 16.2. The zero-order chi connectivity index (χ0) is 14.9. The maximum atomic E-state index is 12.6. The molecule has 1 saturated carbocycles. The fraction of sp³-hybridized carbons (Fsp3) is 0.750. The highest BCUT2D eigenvalue weighted by Crippen LogP contribution is 2.44. The van der Waals surface area contributed by atoms with Crippen LogP contribution in [0.25, 0.3) is 0 Å². The number of rotatable bonds is 2. The van der Waals surface area contributed by atoms with E-state index in [0.29, 0.717) is 16.8 Å². The molecular formula is C16H26N4O. The van der Waals surface area contributed by atoms with Crippen molar-refractivity contribution in [2.24, 2.45) is 5.41 Å². The Bertz CT molecular complexity index is 506. The van der Waals surface area contributed by atoms with Crippen LogP contribution in [0.3, 0.4) is 0 Å². The number of nitrogens with two attached hydrogens (primary N) is 1. The van der Waals surface area contributed by atoms with Gasteiger partial charge in [0, 0.05) is 25.8 Å². The first-order valence-electron chi connectivity index (χ1n) is 8.26. The van der Waals surface area contributed by atoms with Crippen molar-refractivity contribution in [2.75, 3.05) is 18.8 Å². The van der Waals surface area contributed by atoms with E-state index < -0.39 is 0 Å². The van der Waals surface area contributed by atoms with Crippen LogP contribution < -0.4 is 5.73 Å². The number of hydrogen-bond acceptors (Lipinski definition) is 3. The van der Waals surface area contributed by atoms with E-state index in [2.05, 4.69) is 5.10 Å². The maximum absolute atomic E-state index is 12.6. The van der Waals surface area contributed by atoms with E-state index in [4.69, 9.17) is 5.73 Å². The lowest BCUT2D eigenvalue weighted by Crippen LogP contribution is -2.44. The molecule has 116 valence electrons. The van der Waals surface area contributed by atoms with Gasteiger partial charge in [0.05, 0.1) is 5.69 Å². The van der Waals surface area contributed by atoms with Gasteiger partial charge < -0.3 is 10.6 Å². The molecule has 3 rings (SSSR count). The van der Waals surface area contributed by atoms with Gasteiger partial charge in [-0.3, -0.25) is 9.48 Å². The van der Waals surface area contributed by atoms with Gasteiger partial charge in [-0.25, -0.2) is 0 Å². The molecule has 0 aromatic carbocycles. The first-order chi connectivity index (χ1) is 10.1. The fourth-order valence-corrected chi connectivity index (χ4v) is 3.90. The third-order valence-electron chi connectivity index (χ3n) is 5.34. The molecule has 0 radical (unpaired) electrons. The molecule has 5 nitrogen and oxygen atoms in total. The second kappa shape index (κ2) is 5.70. The average molecular weight is 290 g/mol. The summed E-state index contributed by atoms with van der Waals surface area (Å²) in [4.78, 5) is 14.5. The van der Waals surface area contributed by atoms with Gasteiger partial charge in [-0.05, 0) is 38.0 Å². The number of aryl methyl sites for hydroxylation is 1. The van der Waals surface area contributed by atoms with Crippen LogP contribution in [-0.4, -0.2) is 33.7 Å². The van der Waals surface area contributed by atoms with Gasteiger partial charge in [0.25, 0.3) is 5.91 Å². The highest BCUT2D eigenvalue weighted by molar-refractivity contribution is 5.97. The fourth-order valence-electron chi connectivity index (χ4n) is 3.90. The number of anilines is 1. The van der Waals surface area contributed by atoms with Gasteiger partial charge in [-0.15, -0.1) is 0 Å². The molecule has 0 atom stereocenters. The number of piperidine rings is 1. The zero-order valence-electron chi connectivity index (χ0n) is 13.0. The van der Waals surface area contributed by atoms with Gasteiger partial charge in [0.15, 0.2) is 5.69 Å². The third-order valence-corrected chi connectivity index (χ3v) is 5.34. The van der Waals surface area contributed by atoms with Gasteiger partial charge in [-0.2, -0.15) is 5.10 Å². The van der Waals surface area contributed by atoms with Crippen LogP contribution in [0.5, 0.6) is 0 Å². The number of hydrogen-bond donors (Lipinski definition) is 1. The molecule has 1 amide bonds. The lowest BCUT2D eigenvalue weighted by molar-refractivity contribution is 0.0467. The summed E-state index contributed by atoms with van der Waals surface area (Å²) < 4.78 is 1.73. The second-order valence-electron chi connectivity index (χ2n) is 6.64. The molecular weight excluding hydrogens is 264 g/mol. The quantitative estimate of drug-likeness (QED) is 0.910. The number of carbonyl (C=O) groups is 1. The lowest BCUT2D eigenvalue weighted by Gasteiger charge is -2.44. The van der Waals surface area contributed by atoms with E-state index in [0.717, 1.165) is 32.5 Å². The van der Waals surface area contributed by atoms with Crippen molar-refractivity contribution >= 4 is 11.6 Å². The summed E-state index contributed by atoms with van der Waals surface area (Å²) in [5.41, 5.74) is 7.37. The highest BCUT2D eigenvalue weighted by Gasteiger charge is 2.37. The normalized spacial score (nSPS) is 21.7. The van der Waals surface area contributed by atoms with E-state index in [-0.39, 0.29) is 5.91 Å². The summed E-state index contributed by atoms with van der Waals surface area (Å²) in [6.07, 6.45) is 10.8. The predicted octanol–water partition coefficient (Wildman–Crippen LogP) is 2.67. The molecule has 2 aliphatic rings. The molecule has 1 saturated heterocycles. The largest absolute Gasteiger partial charge is 0.396 e. The van der Waals surface area contributed by atoms with Gasteiger partial charge in [0.2, 0.25) is 0 Å². The van der Waals surface area contributed by atoms with E-state index in [1.54, 1.807) is 10.9 Å². The minimum atomic E-state index is 0.00496. The van der Waals surface area contributed by atoms with Crippen LogP contribution in [0, 0.1) is 5.41 Å². The average Bonchev–Trinajstić information content (AvgIpc) is 2.89. The first kappa shape index (κ1) is 14.4. The molecule has 1 aliphatic carbocycles. The monoisotopic (exact) mass is 290 g/mol. The predicted molar refractivity (Wildman–Crippen MR) is 83.0 cm³/mol. The number of aromatic nitrogens is 2. The molecule has 2 fully saturated rings. The molecule has 2 N–H and O–H groups in total.